The second-order valence-electron chi connectivity index (χ2n) is 13.8. The lowest BCUT2D eigenvalue weighted by molar-refractivity contribution is -0.128. The number of allylic oxidation sites excluding steroid dienone is 2. The van der Waals surface area contributed by atoms with E-state index < -0.39 is 0 Å². The van der Waals surface area contributed by atoms with Crippen LogP contribution in [0.5, 0.6) is 5.75 Å². The summed E-state index contributed by atoms with van der Waals surface area (Å²) in [7, 11) is 1.68. The number of benzene rings is 1. The molecule has 7 atom stereocenters. The molecule has 1 aromatic carbocycles. The Balaban J connectivity index is 1.34. The average molecular weight is 504 g/mol. The molecule has 3 nitrogen and oxygen atoms in total. The molecule has 0 aromatic heterocycles. The summed E-state index contributed by atoms with van der Waals surface area (Å²) in [6, 6.07) is 7.90. The van der Waals surface area contributed by atoms with Crippen LogP contribution in [0.15, 0.2) is 40.9 Å². The number of hydrogen-bond acceptors (Lipinski definition) is 3. The van der Waals surface area contributed by atoms with Gasteiger partial charge in [-0.1, -0.05) is 53.9 Å². The van der Waals surface area contributed by atoms with Crippen LogP contribution in [0.3, 0.4) is 0 Å². The molecule has 0 heterocycles. The van der Waals surface area contributed by atoms with E-state index in [2.05, 4.69) is 40.7 Å². The standard InChI is InChI=1S/C34H49NO2/c1-22(2)8-7-9-23(3)28-14-15-29-27-21-32(36)31-20-25(35-24-10-12-26(37-6)13-11-24)16-18-34(31,5)30(27)17-19-33(28,29)4/h10-13,20,22-23,27-30H,7-9,14-19,21H2,1-6H3/t23-,27+,28-,29+,30+,33-,34-/m1/s1. The van der Waals surface area contributed by atoms with Crippen molar-refractivity contribution in [1.82, 2.24) is 0 Å². The Bertz CT molecular complexity index is 1050. The van der Waals surface area contributed by atoms with Crippen molar-refractivity contribution in [3.05, 3.63) is 35.9 Å². The third-order valence-corrected chi connectivity index (χ3v) is 11.4. The van der Waals surface area contributed by atoms with Gasteiger partial charge in [-0.25, -0.2) is 0 Å². The molecule has 3 saturated carbocycles. The van der Waals surface area contributed by atoms with Gasteiger partial charge in [0, 0.05) is 17.7 Å². The van der Waals surface area contributed by atoms with Gasteiger partial charge >= 0.3 is 0 Å². The highest BCUT2D eigenvalue weighted by molar-refractivity contribution is 6.08. The van der Waals surface area contributed by atoms with Gasteiger partial charge in [-0.05, 0) is 115 Å². The minimum Gasteiger partial charge on any atom is -0.497 e. The Morgan fingerprint density at radius 1 is 1.00 bits per heavy atom. The lowest BCUT2D eigenvalue weighted by Gasteiger charge is -2.58. The van der Waals surface area contributed by atoms with Crippen LogP contribution in [0.1, 0.15) is 98.8 Å². The number of fused-ring (bicyclic) bond motifs is 5. The van der Waals surface area contributed by atoms with Crippen molar-refractivity contribution in [3.63, 3.8) is 0 Å². The van der Waals surface area contributed by atoms with E-state index >= 15 is 0 Å². The molecule has 3 heteroatoms. The Kier molecular flexibility index (Phi) is 7.46. The zero-order chi connectivity index (χ0) is 26.4. The molecular weight excluding hydrogens is 454 g/mol. The predicted molar refractivity (Wildman–Crippen MR) is 154 cm³/mol. The number of ketones is 1. The van der Waals surface area contributed by atoms with Crippen LogP contribution >= 0.6 is 0 Å². The van der Waals surface area contributed by atoms with E-state index in [9.17, 15) is 4.79 Å². The fourth-order valence-electron chi connectivity index (χ4n) is 9.33. The van der Waals surface area contributed by atoms with Gasteiger partial charge in [0.1, 0.15) is 5.75 Å². The summed E-state index contributed by atoms with van der Waals surface area (Å²) in [4.78, 5) is 18.7. The molecule has 0 unspecified atom stereocenters. The fourth-order valence-corrected chi connectivity index (χ4v) is 9.33. The van der Waals surface area contributed by atoms with Gasteiger partial charge in [0.25, 0.3) is 0 Å². The number of nitrogens with zero attached hydrogens (tertiary/aromatic N) is 1. The first-order valence-electron chi connectivity index (χ1n) is 15.1. The van der Waals surface area contributed by atoms with Crippen molar-refractivity contribution in [2.75, 3.05) is 7.11 Å². The molecular formula is C34H49NO2. The van der Waals surface area contributed by atoms with Gasteiger partial charge in [0.05, 0.1) is 12.8 Å². The number of carbonyl (C=O) groups is 1. The Hall–Kier alpha value is -1.90. The van der Waals surface area contributed by atoms with Gasteiger partial charge < -0.3 is 4.74 Å². The van der Waals surface area contributed by atoms with E-state index in [1.165, 1.54) is 44.9 Å². The van der Waals surface area contributed by atoms with E-state index in [-0.39, 0.29) is 5.41 Å². The molecule has 0 saturated heterocycles. The van der Waals surface area contributed by atoms with Gasteiger partial charge in [-0.2, -0.15) is 0 Å². The largest absolute Gasteiger partial charge is 0.497 e. The van der Waals surface area contributed by atoms with E-state index in [0.29, 0.717) is 23.0 Å². The highest BCUT2D eigenvalue weighted by Crippen LogP contribution is 2.67. The van der Waals surface area contributed by atoms with Crippen molar-refractivity contribution in [3.8, 4) is 5.75 Å². The van der Waals surface area contributed by atoms with Crippen LogP contribution in [-0.2, 0) is 4.79 Å². The molecule has 4 aliphatic rings. The topological polar surface area (TPSA) is 38.7 Å². The smallest absolute Gasteiger partial charge is 0.159 e. The maximum atomic E-state index is 13.7. The quantitative estimate of drug-likeness (QED) is 0.372. The second kappa shape index (κ2) is 10.3. The number of ether oxygens (including phenoxy) is 1. The number of rotatable bonds is 7. The number of carbonyl (C=O) groups excluding carboxylic acids is 1. The number of Topliss-reactive ketones (excluding diaryl/α,β-unsaturated/α-hetero) is 1. The summed E-state index contributed by atoms with van der Waals surface area (Å²) in [5.74, 6) is 5.64. The van der Waals surface area contributed by atoms with Crippen molar-refractivity contribution in [2.45, 2.75) is 98.8 Å². The molecule has 5 rings (SSSR count). The molecule has 0 aliphatic heterocycles. The van der Waals surface area contributed by atoms with Crippen LogP contribution in [0.25, 0.3) is 0 Å². The molecule has 4 aliphatic carbocycles. The molecule has 3 fully saturated rings. The van der Waals surface area contributed by atoms with E-state index in [4.69, 9.17) is 9.73 Å². The lowest BCUT2D eigenvalue weighted by Crippen LogP contribution is -2.53. The van der Waals surface area contributed by atoms with E-state index in [1.807, 2.05) is 24.3 Å². The van der Waals surface area contributed by atoms with Gasteiger partial charge in [0.2, 0.25) is 0 Å². The minimum absolute atomic E-state index is 0.0151. The Labute approximate surface area is 225 Å². The summed E-state index contributed by atoms with van der Waals surface area (Å²) in [5.41, 5.74) is 3.51. The van der Waals surface area contributed by atoms with Crippen LogP contribution in [-0.4, -0.2) is 18.6 Å². The monoisotopic (exact) mass is 503 g/mol. The predicted octanol–water partition coefficient (Wildman–Crippen LogP) is 8.99. The third kappa shape index (κ3) is 4.85. The van der Waals surface area contributed by atoms with Crippen molar-refractivity contribution in [1.29, 1.82) is 0 Å². The first-order valence-corrected chi connectivity index (χ1v) is 15.1. The second-order valence-corrected chi connectivity index (χ2v) is 13.8. The summed E-state index contributed by atoms with van der Waals surface area (Å²) in [6.07, 6.45) is 14.4. The zero-order valence-electron chi connectivity index (χ0n) is 24.2. The summed E-state index contributed by atoms with van der Waals surface area (Å²) >= 11 is 0. The summed E-state index contributed by atoms with van der Waals surface area (Å²) in [5, 5.41) is 0. The van der Waals surface area contributed by atoms with Crippen molar-refractivity contribution < 1.29 is 9.53 Å². The molecule has 1 aromatic rings. The van der Waals surface area contributed by atoms with E-state index in [0.717, 1.165) is 65.7 Å². The molecule has 0 spiro atoms. The van der Waals surface area contributed by atoms with E-state index in [1.54, 1.807) is 7.11 Å². The number of methoxy groups -OCH3 is 1. The van der Waals surface area contributed by atoms with Crippen LogP contribution in [0.4, 0.5) is 5.69 Å². The first kappa shape index (κ1) is 26.7. The zero-order valence-corrected chi connectivity index (χ0v) is 24.2. The fraction of sp³-hybridized carbons (Fsp3) is 0.706. The van der Waals surface area contributed by atoms with Gasteiger partial charge in [-0.3, -0.25) is 9.79 Å². The van der Waals surface area contributed by atoms with Crippen LogP contribution in [0.2, 0.25) is 0 Å². The van der Waals surface area contributed by atoms with Crippen LogP contribution in [0, 0.1) is 46.3 Å². The van der Waals surface area contributed by atoms with Gasteiger partial charge in [0.15, 0.2) is 5.78 Å². The number of aliphatic imine (C=N–C) groups is 1. The lowest BCUT2D eigenvalue weighted by atomic mass is 9.46. The molecule has 0 N–H and O–H groups in total. The molecule has 37 heavy (non-hydrogen) atoms. The summed E-state index contributed by atoms with van der Waals surface area (Å²) in [6.45, 7) is 12.3. The normalized spacial score (nSPS) is 37.1. The maximum Gasteiger partial charge on any atom is 0.159 e. The van der Waals surface area contributed by atoms with Crippen molar-refractivity contribution >= 4 is 17.2 Å². The average Bonchev–Trinajstić information content (AvgIpc) is 3.22. The van der Waals surface area contributed by atoms with Gasteiger partial charge in [-0.15, -0.1) is 0 Å². The maximum absolute atomic E-state index is 13.7. The number of hydrogen-bond donors (Lipinski definition) is 0. The minimum atomic E-state index is 0.0151. The highest BCUT2D eigenvalue weighted by Gasteiger charge is 2.60. The summed E-state index contributed by atoms with van der Waals surface area (Å²) < 4.78 is 5.28. The molecule has 0 amide bonds. The highest BCUT2D eigenvalue weighted by atomic mass is 16.5. The first-order chi connectivity index (χ1) is 17.7. The molecule has 0 radical (unpaired) electrons. The van der Waals surface area contributed by atoms with Crippen molar-refractivity contribution in [2.24, 2.45) is 51.3 Å². The Morgan fingerprint density at radius 2 is 1.76 bits per heavy atom. The SMILES string of the molecule is COc1ccc(N=C2C=C3C(=O)C[C@H]4[C@@H]5CC[C@H]([C@H](C)CCCC(C)C)[C@@]5(C)CC[C@@H]4[C@@]3(C)CC2)cc1. The molecule has 202 valence electrons. The Morgan fingerprint density at radius 3 is 2.46 bits per heavy atom. The van der Waals surface area contributed by atoms with Crippen LogP contribution < -0.4 is 4.74 Å². The molecule has 0 bridgehead atoms. The third-order valence-electron chi connectivity index (χ3n) is 11.4.